The van der Waals surface area contributed by atoms with E-state index in [4.69, 9.17) is 23.2 Å². The maximum atomic E-state index is 13.1. The number of carbonyl (C=O) groups excluding carboxylic acids is 2. The van der Waals surface area contributed by atoms with Crippen LogP contribution in [-0.2, 0) is 22.6 Å². The highest BCUT2D eigenvalue weighted by molar-refractivity contribution is 6.31. The second kappa shape index (κ2) is 11.2. The van der Waals surface area contributed by atoms with Crippen molar-refractivity contribution in [2.45, 2.75) is 58.7 Å². The van der Waals surface area contributed by atoms with E-state index >= 15 is 0 Å². The molecule has 29 heavy (non-hydrogen) atoms. The Balaban J connectivity index is 2.18. The van der Waals surface area contributed by atoms with Crippen LogP contribution >= 0.6 is 23.2 Å². The topological polar surface area (TPSA) is 49.4 Å². The highest BCUT2D eigenvalue weighted by Gasteiger charge is 2.27. The predicted octanol–water partition coefficient (Wildman–Crippen LogP) is 5.26. The lowest BCUT2D eigenvalue weighted by molar-refractivity contribution is -0.140. The number of amides is 2. The van der Waals surface area contributed by atoms with Gasteiger partial charge < -0.3 is 10.2 Å². The second-order valence-electron chi connectivity index (χ2n) is 7.20. The van der Waals surface area contributed by atoms with Crippen molar-refractivity contribution in [3.8, 4) is 0 Å². The summed E-state index contributed by atoms with van der Waals surface area (Å²) in [6, 6.07) is 14.3. The average molecular weight is 435 g/mol. The van der Waals surface area contributed by atoms with E-state index in [0.717, 1.165) is 17.5 Å². The van der Waals surface area contributed by atoms with Crippen LogP contribution < -0.4 is 5.32 Å². The summed E-state index contributed by atoms with van der Waals surface area (Å²) < 4.78 is 0. The summed E-state index contributed by atoms with van der Waals surface area (Å²) in [5, 5.41) is 4.18. The molecule has 0 spiro atoms. The Morgan fingerprint density at radius 1 is 0.966 bits per heavy atom. The molecule has 1 N–H and O–H groups in total. The number of rotatable bonds is 9. The van der Waals surface area contributed by atoms with E-state index in [9.17, 15) is 9.59 Å². The van der Waals surface area contributed by atoms with Gasteiger partial charge in [0.2, 0.25) is 11.8 Å². The molecule has 0 saturated carbocycles. The van der Waals surface area contributed by atoms with Crippen LogP contribution in [0.5, 0.6) is 0 Å². The minimum Gasteiger partial charge on any atom is -0.352 e. The number of hydrogen-bond donors (Lipinski definition) is 1. The molecule has 0 bridgehead atoms. The molecule has 0 radical (unpaired) electrons. The lowest BCUT2D eigenvalue weighted by Gasteiger charge is -2.30. The van der Waals surface area contributed by atoms with Crippen LogP contribution in [-0.4, -0.2) is 28.8 Å². The number of nitrogens with one attached hydrogen (secondary N) is 1. The molecule has 2 aromatic rings. The Hall–Kier alpha value is -2.04. The van der Waals surface area contributed by atoms with E-state index in [-0.39, 0.29) is 30.8 Å². The summed E-state index contributed by atoms with van der Waals surface area (Å²) in [5.74, 6) is -0.283. The van der Waals surface area contributed by atoms with Crippen LogP contribution in [0.3, 0.4) is 0 Å². The summed E-state index contributed by atoms with van der Waals surface area (Å²) in [4.78, 5) is 27.4. The molecule has 0 heterocycles. The zero-order valence-corrected chi connectivity index (χ0v) is 18.6. The van der Waals surface area contributed by atoms with Gasteiger partial charge in [-0.25, -0.2) is 0 Å². The predicted molar refractivity (Wildman–Crippen MR) is 119 cm³/mol. The van der Waals surface area contributed by atoms with Crippen molar-refractivity contribution < 1.29 is 9.59 Å². The normalized spacial score (nSPS) is 12.9. The van der Waals surface area contributed by atoms with Gasteiger partial charge in [-0.15, -0.1) is 0 Å². The zero-order chi connectivity index (χ0) is 21.4. The molecular formula is C23H28Cl2N2O2. The molecule has 156 valence electrons. The van der Waals surface area contributed by atoms with E-state index in [1.54, 1.807) is 17.9 Å². The van der Waals surface area contributed by atoms with Gasteiger partial charge in [-0.3, -0.25) is 9.59 Å². The van der Waals surface area contributed by atoms with Gasteiger partial charge in [0.15, 0.2) is 0 Å². The van der Waals surface area contributed by atoms with Crippen molar-refractivity contribution >= 4 is 35.0 Å². The number of halogens is 2. The summed E-state index contributed by atoms with van der Waals surface area (Å²) in [6.07, 6.45) is 1.59. The minimum absolute atomic E-state index is 0.0466. The number of benzene rings is 2. The molecule has 0 aliphatic rings. The molecular weight excluding hydrogens is 407 g/mol. The zero-order valence-electron chi connectivity index (χ0n) is 17.1. The van der Waals surface area contributed by atoms with Crippen LogP contribution in [0.15, 0.2) is 48.5 Å². The van der Waals surface area contributed by atoms with Gasteiger partial charge in [0, 0.05) is 29.1 Å². The monoisotopic (exact) mass is 434 g/mol. The van der Waals surface area contributed by atoms with Gasteiger partial charge in [-0.1, -0.05) is 66.5 Å². The fraction of sp³-hybridized carbons (Fsp3) is 0.391. The Morgan fingerprint density at radius 3 is 2.07 bits per heavy atom. The molecule has 6 heteroatoms. The molecule has 2 rings (SSSR count). The summed E-state index contributed by atoms with van der Waals surface area (Å²) >= 11 is 12.5. The third-order valence-corrected chi connectivity index (χ3v) is 5.77. The third kappa shape index (κ3) is 6.76. The number of carbonyl (C=O) groups is 2. The highest BCUT2D eigenvalue weighted by Crippen LogP contribution is 2.21. The molecule has 4 nitrogen and oxygen atoms in total. The SMILES string of the molecule is CC[C@H](C)NC(=O)[C@@H](C)N(Cc1ccccc1Cl)C(=O)CCc1ccccc1Cl. The fourth-order valence-electron chi connectivity index (χ4n) is 2.94. The summed E-state index contributed by atoms with van der Waals surface area (Å²) in [5.41, 5.74) is 1.72. The van der Waals surface area contributed by atoms with Crippen LogP contribution in [0.1, 0.15) is 44.7 Å². The maximum Gasteiger partial charge on any atom is 0.242 e. The molecule has 0 aliphatic heterocycles. The molecule has 0 aliphatic carbocycles. The first-order valence-electron chi connectivity index (χ1n) is 9.90. The van der Waals surface area contributed by atoms with Crippen molar-refractivity contribution in [2.75, 3.05) is 0 Å². The maximum absolute atomic E-state index is 13.1. The van der Waals surface area contributed by atoms with Gasteiger partial charge in [-0.2, -0.15) is 0 Å². The first-order chi connectivity index (χ1) is 13.8. The Morgan fingerprint density at radius 2 is 1.52 bits per heavy atom. The Labute approximate surface area is 183 Å². The number of aryl methyl sites for hydroxylation is 1. The Kier molecular flexibility index (Phi) is 8.99. The van der Waals surface area contributed by atoms with E-state index < -0.39 is 6.04 Å². The molecule has 2 amide bonds. The summed E-state index contributed by atoms with van der Waals surface area (Å²) in [6.45, 7) is 5.98. The highest BCUT2D eigenvalue weighted by atomic mass is 35.5. The van der Waals surface area contributed by atoms with Crippen molar-refractivity contribution in [2.24, 2.45) is 0 Å². The smallest absolute Gasteiger partial charge is 0.242 e. The number of nitrogens with zero attached hydrogens (tertiary/aromatic N) is 1. The molecule has 0 aromatic heterocycles. The van der Waals surface area contributed by atoms with Crippen molar-refractivity contribution in [1.29, 1.82) is 0 Å². The average Bonchev–Trinajstić information content (AvgIpc) is 2.71. The number of hydrogen-bond acceptors (Lipinski definition) is 2. The molecule has 2 atom stereocenters. The molecule has 0 unspecified atom stereocenters. The quantitative estimate of drug-likeness (QED) is 0.584. The molecule has 2 aromatic carbocycles. The van der Waals surface area contributed by atoms with Crippen LogP contribution in [0.4, 0.5) is 0 Å². The lowest BCUT2D eigenvalue weighted by Crippen LogP contribution is -2.49. The first-order valence-corrected chi connectivity index (χ1v) is 10.7. The lowest BCUT2D eigenvalue weighted by atomic mass is 10.1. The van der Waals surface area contributed by atoms with E-state index in [1.807, 2.05) is 56.3 Å². The largest absolute Gasteiger partial charge is 0.352 e. The summed E-state index contributed by atoms with van der Waals surface area (Å²) in [7, 11) is 0. The third-order valence-electron chi connectivity index (χ3n) is 5.03. The fourth-order valence-corrected chi connectivity index (χ4v) is 3.37. The van der Waals surface area contributed by atoms with Crippen LogP contribution in [0, 0.1) is 0 Å². The second-order valence-corrected chi connectivity index (χ2v) is 8.01. The molecule has 0 fully saturated rings. The first kappa shape index (κ1) is 23.2. The van der Waals surface area contributed by atoms with E-state index in [2.05, 4.69) is 5.32 Å². The van der Waals surface area contributed by atoms with Crippen molar-refractivity contribution in [3.63, 3.8) is 0 Å². The standard InChI is InChI=1S/C23H28Cl2N2O2/c1-4-16(2)26-23(29)17(3)27(15-19-10-6-8-12-21(19)25)22(28)14-13-18-9-5-7-11-20(18)24/h5-12,16-17H,4,13-15H2,1-3H3,(H,26,29)/t16-,17+/m0/s1. The van der Waals surface area contributed by atoms with E-state index in [1.165, 1.54) is 0 Å². The van der Waals surface area contributed by atoms with E-state index in [0.29, 0.717) is 16.5 Å². The molecule has 0 saturated heterocycles. The van der Waals surface area contributed by atoms with Gasteiger partial charge >= 0.3 is 0 Å². The van der Waals surface area contributed by atoms with Crippen molar-refractivity contribution in [3.05, 3.63) is 69.7 Å². The van der Waals surface area contributed by atoms with Gasteiger partial charge in [0.05, 0.1) is 0 Å². The minimum atomic E-state index is -0.612. The van der Waals surface area contributed by atoms with Crippen molar-refractivity contribution in [1.82, 2.24) is 10.2 Å². The van der Waals surface area contributed by atoms with Crippen LogP contribution in [0.2, 0.25) is 10.0 Å². The van der Waals surface area contributed by atoms with Crippen LogP contribution in [0.25, 0.3) is 0 Å². The van der Waals surface area contributed by atoms with Gasteiger partial charge in [-0.05, 0) is 49.9 Å². The van der Waals surface area contributed by atoms with Gasteiger partial charge in [0.25, 0.3) is 0 Å². The Bertz CT molecular complexity index is 841. The van der Waals surface area contributed by atoms with Gasteiger partial charge in [0.1, 0.15) is 6.04 Å².